The maximum absolute atomic E-state index is 12.4. The smallest absolute Gasteiger partial charge is 0.274 e. The number of carbonyl (C=O) groups excluding carboxylic acids is 1. The summed E-state index contributed by atoms with van der Waals surface area (Å²) in [5, 5.41) is 8.44. The molecule has 1 N–H and O–H groups in total. The molecule has 0 aliphatic carbocycles. The molecule has 7 heteroatoms. The quantitative estimate of drug-likeness (QED) is 0.646. The first-order valence-electron chi connectivity index (χ1n) is 9.96. The zero-order valence-electron chi connectivity index (χ0n) is 18.2. The third-order valence-corrected chi connectivity index (χ3v) is 4.54. The summed E-state index contributed by atoms with van der Waals surface area (Å²) in [6.07, 6.45) is 0.772. The van der Waals surface area contributed by atoms with Gasteiger partial charge in [-0.15, -0.1) is 0 Å². The van der Waals surface area contributed by atoms with Crippen LogP contribution in [0.3, 0.4) is 0 Å². The molecule has 0 aliphatic heterocycles. The van der Waals surface area contributed by atoms with Crippen LogP contribution in [0, 0.1) is 0 Å². The van der Waals surface area contributed by atoms with Crippen molar-refractivity contribution in [2.45, 2.75) is 26.7 Å². The normalized spacial score (nSPS) is 10.2. The summed E-state index contributed by atoms with van der Waals surface area (Å²) < 4.78 is 11.8. The Balaban J connectivity index is 0.00000155. The predicted molar refractivity (Wildman–Crippen MR) is 118 cm³/mol. The minimum Gasteiger partial charge on any atom is -0.493 e. The molecule has 30 heavy (non-hydrogen) atoms. The second kappa shape index (κ2) is 11.0. The molecular weight excluding hydrogens is 382 g/mol. The number of amides is 1. The van der Waals surface area contributed by atoms with E-state index in [0.717, 1.165) is 5.56 Å². The van der Waals surface area contributed by atoms with E-state index in [2.05, 4.69) is 10.4 Å². The van der Waals surface area contributed by atoms with Gasteiger partial charge in [0.1, 0.15) is 0 Å². The molecular formula is C23H29N3O4. The lowest BCUT2D eigenvalue weighted by Gasteiger charge is -2.11. The fraction of sp³-hybridized carbons (Fsp3) is 0.348. The van der Waals surface area contributed by atoms with Crippen LogP contribution < -0.4 is 20.3 Å². The average molecular weight is 412 g/mol. The van der Waals surface area contributed by atoms with Crippen molar-refractivity contribution in [1.29, 1.82) is 0 Å². The second-order valence-corrected chi connectivity index (χ2v) is 6.39. The number of hydrogen-bond donors (Lipinski definition) is 1. The molecule has 1 heterocycles. The van der Waals surface area contributed by atoms with Crippen molar-refractivity contribution in [1.82, 2.24) is 15.1 Å². The number of hydrogen-bond acceptors (Lipinski definition) is 5. The van der Waals surface area contributed by atoms with Crippen molar-refractivity contribution >= 4 is 16.7 Å². The van der Waals surface area contributed by atoms with Crippen LogP contribution in [0.1, 0.15) is 25.1 Å². The molecule has 160 valence electrons. The molecule has 0 saturated heterocycles. The van der Waals surface area contributed by atoms with Gasteiger partial charge in [0.2, 0.25) is 5.91 Å². The second-order valence-electron chi connectivity index (χ2n) is 6.39. The van der Waals surface area contributed by atoms with Gasteiger partial charge in [0.05, 0.1) is 31.7 Å². The van der Waals surface area contributed by atoms with Crippen molar-refractivity contribution in [2.75, 3.05) is 20.8 Å². The van der Waals surface area contributed by atoms with E-state index >= 15 is 0 Å². The van der Waals surface area contributed by atoms with Gasteiger partial charge in [-0.1, -0.05) is 38.1 Å². The monoisotopic (exact) mass is 411 g/mol. The lowest BCUT2D eigenvalue weighted by atomic mass is 10.1. The van der Waals surface area contributed by atoms with Gasteiger partial charge in [-0.2, -0.15) is 5.10 Å². The Labute approximate surface area is 176 Å². The Kier molecular flexibility index (Phi) is 8.41. The van der Waals surface area contributed by atoms with Crippen LogP contribution in [0.5, 0.6) is 11.5 Å². The molecule has 0 bridgehead atoms. The zero-order chi connectivity index (χ0) is 22.1. The summed E-state index contributed by atoms with van der Waals surface area (Å²) >= 11 is 0. The molecule has 1 aromatic heterocycles. The minimum absolute atomic E-state index is 0.112. The molecule has 2 aromatic carbocycles. The molecule has 0 atom stereocenters. The number of carbonyl (C=O) groups is 1. The molecule has 1 amide bonds. The Morgan fingerprint density at radius 3 is 2.37 bits per heavy atom. The summed E-state index contributed by atoms with van der Waals surface area (Å²) in [7, 11) is 4.77. The molecule has 0 saturated carbocycles. The number of nitrogens with zero attached hydrogens (tertiary/aromatic N) is 2. The molecule has 0 unspecified atom stereocenters. The van der Waals surface area contributed by atoms with Crippen LogP contribution >= 0.6 is 0 Å². The number of aromatic nitrogens is 2. The van der Waals surface area contributed by atoms with E-state index in [0.29, 0.717) is 40.9 Å². The summed E-state index contributed by atoms with van der Waals surface area (Å²) in [6, 6.07) is 12.9. The van der Waals surface area contributed by atoms with Gasteiger partial charge < -0.3 is 14.8 Å². The number of nitrogens with one attached hydrogen (secondary N) is 1. The van der Waals surface area contributed by atoms with E-state index in [1.807, 2.05) is 44.2 Å². The number of aryl methyl sites for hydroxylation is 1. The van der Waals surface area contributed by atoms with E-state index in [1.165, 1.54) is 4.68 Å². The van der Waals surface area contributed by atoms with E-state index in [1.54, 1.807) is 33.4 Å². The number of rotatable bonds is 7. The molecule has 7 nitrogen and oxygen atoms in total. The maximum Gasteiger partial charge on any atom is 0.274 e. The third kappa shape index (κ3) is 5.37. The fourth-order valence-corrected chi connectivity index (χ4v) is 3.10. The molecule has 3 rings (SSSR count). The number of fused-ring (bicyclic) bond motifs is 1. The molecule has 0 fully saturated rings. The lowest BCUT2D eigenvalue weighted by molar-refractivity contribution is -0.120. The molecule has 3 aromatic rings. The summed E-state index contributed by atoms with van der Waals surface area (Å²) in [5.41, 5.74) is 1.44. The summed E-state index contributed by atoms with van der Waals surface area (Å²) in [4.78, 5) is 24.6. The van der Waals surface area contributed by atoms with Gasteiger partial charge in [-0.05, 0) is 30.2 Å². The maximum atomic E-state index is 12.4. The van der Waals surface area contributed by atoms with E-state index in [4.69, 9.17) is 9.47 Å². The van der Waals surface area contributed by atoms with E-state index in [-0.39, 0.29) is 17.9 Å². The van der Waals surface area contributed by atoms with Crippen LogP contribution in [0.25, 0.3) is 10.8 Å². The van der Waals surface area contributed by atoms with Gasteiger partial charge in [0.15, 0.2) is 11.5 Å². The van der Waals surface area contributed by atoms with Gasteiger partial charge in [0, 0.05) is 19.0 Å². The number of methoxy groups -OCH3 is 2. The first-order chi connectivity index (χ1) is 14.5. The van der Waals surface area contributed by atoms with Crippen molar-refractivity contribution in [3.05, 3.63) is 64.1 Å². The summed E-state index contributed by atoms with van der Waals surface area (Å²) in [6.45, 7) is 4.48. The standard InChI is InChI=1S/C21H23N3O4.C2H6/c1-24-21(26)16-7-5-4-6-15(16)17(23-24)13-20(25)22-11-10-14-8-9-18(27-2)19(12-14)28-3;1-2/h4-9,12H,10-11,13H2,1-3H3,(H,22,25);1-2H3. The van der Waals surface area contributed by atoms with Crippen molar-refractivity contribution in [3.63, 3.8) is 0 Å². The predicted octanol–water partition coefficient (Wildman–Crippen LogP) is 2.88. The number of benzene rings is 2. The zero-order valence-corrected chi connectivity index (χ0v) is 18.2. The van der Waals surface area contributed by atoms with Gasteiger partial charge >= 0.3 is 0 Å². The number of ether oxygens (including phenoxy) is 2. The Hall–Kier alpha value is -3.35. The first kappa shape index (κ1) is 22.9. The Bertz CT molecular complexity index is 1060. The SMILES string of the molecule is CC.COc1ccc(CCNC(=O)Cc2nn(C)c(=O)c3ccccc23)cc1OC. The van der Waals surface area contributed by atoms with Crippen LogP contribution in [0.15, 0.2) is 47.3 Å². The third-order valence-electron chi connectivity index (χ3n) is 4.54. The lowest BCUT2D eigenvalue weighted by Crippen LogP contribution is -2.29. The average Bonchev–Trinajstić information content (AvgIpc) is 2.78. The molecule has 0 spiro atoms. The topological polar surface area (TPSA) is 82.5 Å². The van der Waals surface area contributed by atoms with Crippen LogP contribution in [0.2, 0.25) is 0 Å². The van der Waals surface area contributed by atoms with Gasteiger partial charge in [-0.25, -0.2) is 4.68 Å². The highest BCUT2D eigenvalue weighted by Gasteiger charge is 2.12. The van der Waals surface area contributed by atoms with Crippen LogP contribution in [-0.2, 0) is 24.7 Å². The largest absolute Gasteiger partial charge is 0.493 e. The van der Waals surface area contributed by atoms with Crippen LogP contribution in [0.4, 0.5) is 0 Å². The van der Waals surface area contributed by atoms with Crippen molar-refractivity contribution < 1.29 is 14.3 Å². The molecule has 0 radical (unpaired) electrons. The molecule has 0 aliphatic rings. The van der Waals surface area contributed by atoms with E-state index < -0.39 is 0 Å². The highest BCUT2D eigenvalue weighted by Crippen LogP contribution is 2.27. The minimum atomic E-state index is -0.173. The Morgan fingerprint density at radius 1 is 1.03 bits per heavy atom. The highest BCUT2D eigenvalue weighted by molar-refractivity contribution is 5.88. The van der Waals surface area contributed by atoms with Gasteiger partial charge in [-0.3, -0.25) is 9.59 Å². The van der Waals surface area contributed by atoms with Gasteiger partial charge in [0.25, 0.3) is 5.56 Å². The summed E-state index contributed by atoms with van der Waals surface area (Å²) in [5.74, 6) is 1.19. The fourth-order valence-electron chi connectivity index (χ4n) is 3.10. The van der Waals surface area contributed by atoms with Crippen molar-refractivity contribution in [3.8, 4) is 11.5 Å². The van der Waals surface area contributed by atoms with Crippen LogP contribution in [-0.4, -0.2) is 36.5 Å². The highest BCUT2D eigenvalue weighted by atomic mass is 16.5. The Morgan fingerprint density at radius 2 is 1.70 bits per heavy atom. The first-order valence-corrected chi connectivity index (χ1v) is 9.96. The van der Waals surface area contributed by atoms with Crippen molar-refractivity contribution in [2.24, 2.45) is 7.05 Å². The van der Waals surface area contributed by atoms with E-state index in [9.17, 15) is 9.59 Å².